The molecule has 2 heterocycles. The van der Waals surface area contributed by atoms with E-state index in [1.54, 1.807) is 12.4 Å². The minimum absolute atomic E-state index is 0.00660. The maximum Gasteiger partial charge on any atom is 0.407 e. The van der Waals surface area contributed by atoms with E-state index >= 15 is 0 Å². The molecular formula is C44H56N8O6. The van der Waals surface area contributed by atoms with Gasteiger partial charge in [0.25, 0.3) is 0 Å². The second kappa shape index (κ2) is 18.4. The number of nitrogens with zero attached hydrogens (tertiary/aromatic N) is 3. The minimum Gasteiger partial charge on any atom is -0.465 e. The van der Waals surface area contributed by atoms with E-state index in [-0.39, 0.29) is 35.5 Å². The molecule has 0 aliphatic heterocycles. The lowest BCUT2D eigenvalue weighted by atomic mass is 9.98. The van der Waals surface area contributed by atoms with Crippen LogP contribution < -0.4 is 16.0 Å². The summed E-state index contributed by atoms with van der Waals surface area (Å²) < 4.78 is 4.72. The van der Waals surface area contributed by atoms with Gasteiger partial charge in [0.1, 0.15) is 23.7 Å². The van der Waals surface area contributed by atoms with Gasteiger partial charge in [-0.15, -0.1) is 0 Å². The van der Waals surface area contributed by atoms with Crippen LogP contribution in [0.3, 0.4) is 0 Å². The number of alkyl carbamates (subject to hydrolysis) is 1. The Morgan fingerprint density at radius 2 is 1.09 bits per heavy atom. The second-order valence-electron chi connectivity index (χ2n) is 16.1. The van der Waals surface area contributed by atoms with Crippen molar-refractivity contribution in [3.05, 3.63) is 84.7 Å². The molecule has 0 unspecified atom stereocenters. The van der Waals surface area contributed by atoms with Crippen LogP contribution >= 0.6 is 0 Å². The first kappa shape index (κ1) is 43.0. The summed E-state index contributed by atoms with van der Waals surface area (Å²) in [5.74, 6) is 0.181. The molecule has 0 saturated heterocycles. The first-order chi connectivity index (χ1) is 27.5. The number of hydrogen-bond acceptors (Lipinski definition) is 7. The van der Waals surface area contributed by atoms with Crippen LogP contribution in [0.2, 0.25) is 0 Å². The molecule has 5 aromatic rings. The Morgan fingerprint density at radius 1 is 0.621 bits per heavy atom. The van der Waals surface area contributed by atoms with Crippen molar-refractivity contribution in [2.45, 2.75) is 79.6 Å². The Bertz CT molecular complexity index is 2220. The number of carbonyl (C=O) groups is 4. The quantitative estimate of drug-likeness (QED) is 0.0615. The number of aromatic amines is 2. The number of carbonyl (C=O) groups excluding carboxylic acids is 3. The van der Waals surface area contributed by atoms with Gasteiger partial charge in [0.2, 0.25) is 11.8 Å². The predicted octanol–water partition coefficient (Wildman–Crippen LogP) is 7.93. The molecule has 58 heavy (non-hydrogen) atoms. The van der Waals surface area contributed by atoms with Crippen LogP contribution in [0.1, 0.15) is 79.1 Å². The van der Waals surface area contributed by atoms with Gasteiger partial charge in [-0.2, -0.15) is 0 Å². The topological polar surface area (TPSA) is 194 Å². The van der Waals surface area contributed by atoms with Gasteiger partial charge in [-0.25, -0.2) is 19.6 Å². The predicted molar refractivity (Wildman–Crippen MR) is 225 cm³/mol. The molecule has 0 aliphatic carbocycles. The standard InChI is InChI=1S/C44H56N8O6/c1-23(2)35(49-41(53)37(25(5)6)51-43(55)58-10)39-46-22-34(48-39)32-18-17-30-19-29(15-16-31(30)20-32)27-11-13-28(14-12-27)33-21-45-40(47-33)36(24(3)4)50-42(54)38(26(7)8)52(9)44(56)57/h11-26,35-38H,1-10H3,(H,45,47)(H,46,48)(H,49,53)(H,50,54)(H,51,55)(H,56,57)/t35-,36-,37-,38-/m0/s1. The summed E-state index contributed by atoms with van der Waals surface area (Å²) >= 11 is 0. The van der Waals surface area contributed by atoms with Gasteiger partial charge in [-0.05, 0) is 63.3 Å². The number of methoxy groups -OCH3 is 1. The summed E-state index contributed by atoms with van der Waals surface area (Å²) in [6, 6.07) is 18.3. The Balaban J connectivity index is 1.29. The van der Waals surface area contributed by atoms with Crippen molar-refractivity contribution >= 4 is 34.8 Å². The van der Waals surface area contributed by atoms with Gasteiger partial charge in [0.15, 0.2) is 0 Å². The van der Waals surface area contributed by atoms with E-state index in [4.69, 9.17) is 4.74 Å². The van der Waals surface area contributed by atoms with Crippen LogP contribution in [0, 0.1) is 23.7 Å². The highest BCUT2D eigenvalue weighted by atomic mass is 16.5. The highest BCUT2D eigenvalue weighted by Crippen LogP contribution is 2.31. The average molecular weight is 793 g/mol. The molecule has 0 bridgehead atoms. The molecule has 6 N–H and O–H groups in total. The van der Waals surface area contributed by atoms with Crippen LogP contribution in [0.25, 0.3) is 44.4 Å². The van der Waals surface area contributed by atoms with Gasteiger partial charge < -0.3 is 35.8 Å². The number of H-pyrrole nitrogens is 2. The first-order valence-electron chi connectivity index (χ1n) is 19.6. The van der Waals surface area contributed by atoms with Crippen LogP contribution in [0.15, 0.2) is 73.1 Å². The number of ether oxygens (including phenoxy) is 1. The van der Waals surface area contributed by atoms with Crippen molar-refractivity contribution in [3.8, 4) is 33.6 Å². The maximum atomic E-state index is 13.3. The molecule has 308 valence electrons. The van der Waals surface area contributed by atoms with Crippen molar-refractivity contribution in [1.29, 1.82) is 0 Å². The lowest BCUT2D eigenvalue weighted by Gasteiger charge is -2.30. The number of imidazole rings is 2. The molecule has 0 radical (unpaired) electrons. The molecule has 0 fully saturated rings. The fraction of sp³-hybridized carbons (Fsp3) is 0.409. The minimum atomic E-state index is -1.16. The van der Waals surface area contributed by atoms with Crippen LogP contribution in [0.4, 0.5) is 9.59 Å². The second-order valence-corrected chi connectivity index (χ2v) is 16.1. The van der Waals surface area contributed by atoms with Crippen molar-refractivity contribution in [1.82, 2.24) is 40.8 Å². The summed E-state index contributed by atoms with van der Waals surface area (Å²) in [5, 5.41) is 20.4. The summed E-state index contributed by atoms with van der Waals surface area (Å²) in [6.07, 6.45) is 1.69. The van der Waals surface area contributed by atoms with Crippen molar-refractivity contribution in [2.24, 2.45) is 23.7 Å². The molecular weight excluding hydrogens is 737 g/mol. The van der Waals surface area contributed by atoms with Crippen molar-refractivity contribution in [3.63, 3.8) is 0 Å². The van der Waals surface area contributed by atoms with Gasteiger partial charge in [0.05, 0.1) is 43.0 Å². The molecule has 5 rings (SSSR count). The van der Waals surface area contributed by atoms with E-state index in [0.717, 1.165) is 49.3 Å². The third-order valence-corrected chi connectivity index (χ3v) is 10.4. The molecule has 14 nitrogen and oxygen atoms in total. The van der Waals surface area contributed by atoms with Crippen molar-refractivity contribution < 1.29 is 29.0 Å². The number of fused-ring (bicyclic) bond motifs is 1. The molecule has 4 atom stereocenters. The summed E-state index contributed by atoms with van der Waals surface area (Å²) in [7, 11) is 2.67. The largest absolute Gasteiger partial charge is 0.465 e. The lowest BCUT2D eigenvalue weighted by molar-refractivity contribution is -0.128. The molecule has 2 aromatic heterocycles. The number of nitrogens with one attached hydrogen (secondary N) is 5. The number of amides is 4. The third-order valence-electron chi connectivity index (χ3n) is 10.4. The van der Waals surface area contributed by atoms with Gasteiger partial charge in [0, 0.05) is 12.6 Å². The van der Waals surface area contributed by atoms with Crippen LogP contribution in [-0.2, 0) is 14.3 Å². The van der Waals surface area contributed by atoms with Gasteiger partial charge >= 0.3 is 12.2 Å². The zero-order valence-corrected chi connectivity index (χ0v) is 34.9. The Morgan fingerprint density at radius 3 is 1.57 bits per heavy atom. The maximum absolute atomic E-state index is 13.3. The zero-order valence-electron chi connectivity index (χ0n) is 34.9. The van der Waals surface area contributed by atoms with Crippen molar-refractivity contribution in [2.75, 3.05) is 14.2 Å². The van der Waals surface area contributed by atoms with E-state index in [9.17, 15) is 24.3 Å². The number of aromatic nitrogens is 4. The number of hydrogen-bond donors (Lipinski definition) is 6. The summed E-state index contributed by atoms with van der Waals surface area (Å²) in [6.45, 7) is 15.3. The van der Waals surface area contributed by atoms with Crippen LogP contribution in [-0.4, -0.2) is 80.2 Å². The SMILES string of the molecule is COC(=O)N[C@H](C(=O)N[C@H](c1ncc(-c2ccc3cc(-c4ccc(-c5cnc([C@@H](NC(=O)[C@H](C(C)C)N(C)C(=O)O)C(C)C)[nH]5)cc4)ccc3c2)[nH]1)C(C)C)C(C)C. The van der Waals surface area contributed by atoms with Gasteiger partial charge in [-0.1, -0.05) is 104 Å². The number of benzene rings is 3. The van der Waals surface area contributed by atoms with E-state index < -0.39 is 36.4 Å². The average Bonchev–Trinajstić information content (AvgIpc) is 3.88. The molecule has 0 spiro atoms. The molecule has 0 aliphatic rings. The Kier molecular flexibility index (Phi) is 13.6. The third kappa shape index (κ3) is 9.85. The highest BCUT2D eigenvalue weighted by Gasteiger charge is 2.33. The first-order valence-corrected chi connectivity index (χ1v) is 19.6. The monoisotopic (exact) mass is 792 g/mol. The highest BCUT2D eigenvalue weighted by molar-refractivity contribution is 5.91. The Hall–Kier alpha value is -6.18. The lowest BCUT2D eigenvalue weighted by Crippen LogP contribution is -2.51. The number of likely N-dealkylation sites (N-methyl/N-ethyl adjacent to an activating group) is 1. The zero-order chi connectivity index (χ0) is 42.4. The van der Waals surface area contributed by atoms with E-state index in [0.29, 0.717) is 11.6 Å². The number of carboxylic acid groups (broad SMARTS) is 1. The molecule has 0 saturated carbocycles. The van der Waals surface area contributed by atoms with E-state index in [1.807, 2.05) is 73.6 Å². The van der Waals surface area contributed by atoms with E-state index in [2.05, 4.69) is 78.4 Å². The van der Waals surface area contributed by atoms with Crippen LogP contribution in [0.5, 0.6) is 0 Å². The molecule has 4 amide bonds. The summed E-state index contributed by atoms with van der Waals surface area (Å²) in [5.41, 5.74) is 5.62. The molecule has 3 aromatic carbocycles. The normalized spacial score (nSPS) is 13.7. The smallest absolute Gasteiger partial charge is 0.407 e. The van der Waals surface area contributed by atoms with E-state index in [1.165, 1.54) is 14.2 Å². The summed E-state index contributed by atoms with van der Waals surface area (Å²) in [4.78, 5) is 67.1. The fourth-order valence-corrected chi connectivity index (χ4v) is 7.07. The Labute approximate surface area is 339 Å². The fourth-order valence-electron chi connectivity index (χ4n) is 7.07. The number of rotatable bonds is 15. The van der Waals surface area contributed by atoms with Gasteiger partial charge in [-0.3, -0.25) is 14.5 Å². The molecule has 14 heteroatoms.